The molecule has 0 aliphatic carbocycles. The molecule has 0 saturated heterocycles. The molecule has 1 aromatic heterocycles. The van der Waals surface area contributed by atoms with Crippen LogP contribution in [0.5, 0.6) is 0 Å². The third kappa shape index (κ3) is 3.89. The van der Waals surface area contributed by atoms with Crippen LogP contribution in [0, 0.1) is 0 Å². The number of nitrogens with zero attached hydrogens (tertiary/aromatic N) is 1. The van der Waals surface area contributed by atoms with Crippen molar-refractivity contribution in [2.45, 2.75) is 0 Å². The highest BCUT2D eigenvalue weighted by Crippen LogP contribution is 2.23. The molecule has 0 radical (unpaired) electrons. The topological polar surface area (TPSA) is 42.0 Å². The number of hydrogen-bond donors (Lipinski definition) is 1. The van der Waals surface area contributed by atoms with Crippen LogP contribution < -0.4 is 5.32 Å². The Hall–Kier alpha value is -2.36. The molecule has 0 aliphatic heterocycles. The first-order valence-corrected chi connectivity index (χ1v) is 7.66. The number of rotatable bonds is 3. The molecule has 114 valence electrons. The predicted octanol–water partition coefficient (Wildman–Crippen LogP) is 5.19. The Morgan fingerprint density at radius 3 is 2.70 bits per heavy atom. The molecule has 0 saturated carbocycles. The third-order valence-electron chi connectivity index (χ3n) is 3.23. The summed E-state index contributed by atoms with van der Waals surface area (Å²) in [5.74, 6) is -0.242. The number of para-hydroxylation sites is 1. The van der Waals surface area contributed by atoms with Crippen LogP contribution in [0.15, 0.2) is 60.8 Å². The lowest BCUT2D eigenvalue weighted by Gasteiger charge is -2.03. The van der Waals surface area contributed by atoms with Crippen LogP contribution in [-0.4, -0.2) is 10.9 Å². The lowest BCUT2D eigenvalue weighted by atomic mass is 10.2. The largest absolute Gasteiger partial charge is 0.321 e. The van der Waals surface area contributed by atoms with Crippen molar-refractivity contribution in [1.29, 1.82) is 0 Å². The van der Waals surface area contributed by atoms with E-state index in [1.807, 2.05) is 30.3 Å². The summed E-state index contributed by atoms with van der Waals surface area (Å²) in [6.07, 6.45) is 4.74. The van der Waals surface area contributed by atoms with Gasteiger partial charge in [0.2, 0.25) is 5.91 Å². The van der Waals surface area contributed by atoms with Crippen molar-refractivity contribution < 1.29 is 4.79 Å². The van der Waals surface area contributed by atoms with Crippen molar-refractivity contribution in [1.82, 2.24) is 4.98 Å². The van der Waals surface area contributed by atoms with E-state index in [-0.39, 0.29) is 5.91 Å². The highest BCUT2D eigenvalue weighted by molar-refractivity contribution is 6.42. The normalized spacial score (nSPS) is 11.0. The molecule has 0 spiro atoms. The number of anilines is 1. The Balaban J connectivity index is 1.72. The molecule has 23 heavy (non-hydrogen) atoms. The molecule has 0 unspecified atom stereocenters. The second kappa shape index (κ2) is 6.82. The van der Waals surface area contributed by atoms with Gasteiger partial charge < -0.3 is 5.32 Å². The van der Waals surface area contributed by atoms with E-state index in [0.29, 0.717) is 15.7 Å². The fourth-order valence-corrected chi connectivity index (χ4v) is 2.42. The van der Waals surface area contributed by atoms with Crippen LogP contribution in [-0.2, 0) is 4.79 Å². The van der Waals surface area contributed by atoms with Gasteiger partial charge in [-0.25, -0.2) is 0 Å². The van der Waals surface area contributed by atoms with Crippen molar-refractivity contribution in [2.75, 3.05) is 5.32 Å². The molecule has 0 fully saturated rings. The summed E-state index contributed by atoms with van der Waals surface area (Å²) in [4.78, 5) is 16.3. The summed E-state index contributed by atoms with van der Waals surface area (Å²) >= 11 is 11.8. The van der Waals surface area contributed by atoms with Crippen LogP contribution in [0.1, 0.15) is 5.56 Å². The van der Waals surface area contributed by atoms with Gasteiger partial charge >= 0.3 is 0 Å². The average Bonchev–Trinajstić information content (AvgIpc) is 2.56. The number of amides is 1. The molecule has 1 amide bonds. The maximum absolute atomic E-state index is 12.0. The summed E-state index contributed by atoms with van der Waals surface area (Å²) in [7, 11) is 0. The quantitative estimate of drug-likeness (QED) is 0.665. The van der Waals surface area contributed by atoms with Gasteiger partial charge in [-0.2, -0.15) is 0 Å². The molecule has 2 aromatic carbocycles. The number of nitrogens with one attached hydrogen (secondary N) is 1. The monoisotopic (exact) mass is 342 g/mol. The molecular formula is C18H12Cl2N2O. The van der Waals surface area contributed by atoms with Gasteiger partial charge in [-0.3, -0.25) is 9.78 Å². The summed E-state index contributed by atoms with van der Waals surface area (Å²) in [6.45, 7) is 0. The van der Waals surface area contributed by atoms with Crippen LogP contribution >= 0.6 is 23.2 Å². The van der Waals surface area contributed by atoms with Crippen molar-refractivity contribution >= 4 is 51.8 Å². The second-order valence-corrected chi connectivity index (χ2v) is 5.73. The van der Waals surface area contributed by atoms with Gasteiger partial charge in [0.1, 0.15) is 0 Å². The SMILES string of the molecule is O=C(/C=C/c1ccc(Cl)c(Cl)c1)Nc1cnc2ccccc2c1. The predicted molar refractivity (Wildman–Crippen MR) is 95.9 cm³/mol. The van der Waals surface area contributed by atoms with Gasteiger partial charge in [0.05, 0.1) is 27.4 Å². The van der Waals surface area contributed by atoms with Crippen molar-refractivity contribution in [2.24, 2.45) is 0 Å². The van der Waals surface area contributed by atoms with E-state index in [9.17, 15) is 4.79 Å². The molecular weight excluding hydrogens is 331 g/mol. The number of carbonyl (C=O) groups is 1. The van der Waals surface area contributed by atoms with Crippen molar-refractivity contribution in [3.63, 3.8) is 0 Å². The Morgan fingerprint density at radius 2 is 1.87 bits per heavy atom. The van der Waals surface area contributed by atoms with Crippen molar-refractivity contribution in [3.8, 4) is 0 Å². The number of aromatic nitrogens is 1. The van der Waals surface area contributed by atoms with E-state index in [4.69, 9.17) is 23.2 Å². The van der Waals surface area contributed by atoms with E-state index >= 15 is 0 Å². The maximum Gasteiger partial charge on any atom is 0.248 e. The van der Waals surface area contributed by atoms with Gasteiger partial charge in [0, 0.05) is 11.5 Å². The zero-order chi connectivity index (χ0) is 16.2. The summed E-state index contributed by atoms with van der Waals surface area (Å²) in [6, 6.07) is 14.8. The fraction of sp³-hybridized carbons (Fsp3) is 0. The lowest BCUT2D eigenvalue weighted by Crippen LogP contribution is -2.07. The Bertz CT molecular complexity index is 906. The van der Waals surface area contributed by atoms with E-state index < -0.39 is 0 Å². The molecule has 1 heterocycles. The molecule has 0 atom stereocenters. The smallest absolute Gasteiger partial charge is 0.248 e. The number of carbonyl (C=O) groups excluding carboxylic acids is 1. The molecule has 5 heteroatoms. The number of fused-ring (bicyclic) bond motifs is 1. The maximum atomic E-state index is 12.0. The van der Waals surface area contributed by atoms with Gasteiger partial charge in [-0.05, 0) is 35.9 Å². The van der Waals surface area contributed by atoms with Crippen LogP contribution in [0.2, 0.25) is 10.0 Å². The minimum Gasteiger partial charge on any atom is -0.321 e. The standard InChI is InChI=1S/C18H12Cl2N2O/c19-15-7-5-12(9-16(15)20)6-8-18(23)22-14-10-13-3-1-2-4-17(13)21-11-14/h1-11H,(H,22,23)/b8-6+. The second-order valence-electron chi connectivity index (χ2n) is 4.91. The minimum absolute atomic E-state index is 0.242. The Kier molecular flexibility index (Phi) is 4.60. The third-order valence-corrected chi connectivity index (χ3v) is 3.97. The summed E-state index contributed by atoms with van der Waals surface area (Å²) in [5.41, 5.74) is 2.33. The number of benzene rings is 2. The van der Waals surface area contributed by atoms with Crippen LogP contribution in [0.25, 0.3) is 17.0 Å². The van der Waals surface area contributed by atoms with E-state index in [1.54, 1.807) is 30.5 Å². The van der Waals surface area contributed by atoms with E-state index in [0.717, 1.165) is 16.5 Å². The average molecular weight is 343 g/mol. The zero-order valence-electron chi connectivity index (χ0n) is 12.0. The summed E-state index contributed by atoms with van der Waals surface area (Å²) in [5, 5.41) is 4.69. The number of hydrogen-bond acceptors (Lipinski definition) is 2. The molecule has 1 N–H and O–H groups in total. The molecule has 3 nitrogen and oxygen atoms in total. The first-order chi connectivity index (χ1) is 11.1. The van der Waals surface area contributed by atoms with E-state index in [2.05, 4.69) is 10.3 Å². The van der Waals surface area contributed by atoms with Gasteiger partial charge in [0.25, 0.3) is 0 Å². The highest BCUT2D eigenvalue weighted by Gasteiger charge is 2.01. The van der Waals surface area contributed by atoms with Crippen LogP contribution in [0.3, 0.4) is 0 Å². The Labute approximate surface area is 143 Å². The lowest BCUT2D eigenvalue weighted by molar-refractivity contribution is -0.111. The number of halogens is 2. The first kappa shape index (κ1) is 15.5. The van der Waals surface area contributed by atoms with Crippen LogP contribution in [0.4, 0.5) is 5.69 Å². The zero-order valence-corrected chi connectivity index (χ0v) is 13.5. The summed E-state index contributed by atoms with van der Waals surface area (Å²) < 4.78 is 0. The first-order valence-electron chi connectivity index (χ1n) is 6.91. The Morgan fingerprint density at radius 1 is 1.04 bits per heavy atom. The van der Waals surface area contributed by atoms with Gasteiger partial charge in [0.15, 0.2) is 0 Å². The van der Waals surface area contributed by atoms with E-state index in [1.165, 1.54) is 6.08 Å². The molecule has 0 bridgehead atoms. The fourth-order valence-electron chi connectivity index (χ4n) is 2.11. The number of pyridine rings is 1. The molecule has 3 rings (SSSR count). The highest BCUT2D eigenvalue weighted by atomic mass is 35.5. The minimum atomic E-state index is -0.242. The van der Waals surface area contributed by atoms with Crippen molar-refractivity contribution in [3.05, 3.63) is 76.4 Å². The van der Waals surface area contributed by atoms with Gasteiger partial charge in [-0.15, -0.1) is 0 Å². The van der Waals surface area contributed by atoms with Gasteiger partial charge in [-0.1, -0.05) is 47.5 Å². The molecule has 3 aromatic rings. The molecule has 0 aliphatic rings.